The molecule has 94 valence electrons. The number of nitrogens with zero attached hydrogens (tertiary/aromatic N) is 1. The highest BCUT2D eigenvalue weighted by Crippen LogP contribution is 2.24. The van der Waals surface area contributed by atoms with Crippen molar-refractivity contribution in [3.05, 3.63) is 16.1 Å². The molecule has 1 aliphatic rings. The molecule has 0 amide bonds. The second-order valence-electron chi connectivity index (χ2n) is 3.59. The lowest BCUT2D eigenvalue weighted by molar-refractivity contribution is -0.142. The summed E-state index contributed by atoms with van der Waals surface area (Å²) in [6, 6.07) is 0. The van der Waals surface area contributed by atoms with Crippen molar-refractivity contribution >= 4 is 17.3 Å². The van der Waals surface area contributed by atoms with Gasteiger partial charge in [0.1, 0.15) is 11.1 Å². The van der Waals surface area contributed by atoms with E-state index in [1.54, 1.807) is 6.92 Å². The largest absolute Gasteiger partial charge is 0.466 e. The molecule has 1 saturated heterocycles. The second kappa shape index (κ2) is 6.09. The summed E-state index contributed by atoms with van der Waals surface area (Å²) in [5.74, 6) is -0.245. The maximum atomic E-state index is 11.3. The summed E-state index contributed by atoms with van der Waals surface area (Å²) in [5.41, 5.74) is 0.734. The van der Waals surface area contributed by atoms with Gasteiger partial charge in [0.15, 0.2) is 0 Å². The van der Waals surface area contributed by atoms with E-state index in [4.69, 9.17) is 14.2 Å². The van der Waals surface area contributed by atoms with Crippen LogP contribution in [0.5, 0.6) is 0 Å². The molecule has 1 aromatic heterocycles. The Morgan fingerprint density at radius 2 is 2.53 bits per heavy atom. The topological polar surface area (TPSA) is 57.7 Å². The van der Waals surface area contributed by atoms with E-state index in [9.17, 15) is 4.79 Å². The van der Waals surface area contributed by atoms with Crippen LogP contribution in [0.15, 0.2) is 5.38 Å². The fourth-order valence-electron chi connectivity index (χ4n) is 1.54. The Hall–Kier alpha value is -0.980. The van der Waals surface area contributed by atoms with E-state index >= 15 is 0 Å². The van der Waals surface area contributed by atoms with Gasteiger partial charge in [-0.2, -0.15) is 0 Å². The van der Waals surface area contributed by atoms with E-state index in [1.165, 1.54) is 11.3 Å². The van der Waals surface area contributed by atoms with Crippen LogP contribution in [0.3, 0.4) is 0 Å². The quantitative estimate of drug-likeness (QED) is 0.762. The van der Waals surface area contributed by atoms with Crippen molar-refractivity contribution in [2.24, 2.45) is 0 Å². The first-order chi connectivity index (χ1) is 8.29. The van der Waals surface area contributed by atoms with Crippen LogP contribution in [0.1, 0.15) is 23.7 Å². The van der Waals surface area contributed by atoms with E-state index in [0.717, 1.165) is 10.7 Å². The molecular weight excluding hydrogens is 242 g/mol. The van der Waals surface area contributed by atoms with Crippen LogP contribution >= 0.6 is 11.3 Å². The third-order valence-electron chi connectivity index (χ3n) is 2.29. The Kier molecular flexibility index (Phi) is 4.47. The van der Waals surface area contributed by atoms with Gasteiger partial charge in [-0.15, -0.1) is 11.3 Å². The van der Waals surface area contributed by atoms with Crippen molar-refractivity contribution < 1.29 is 19.0 Å². The van der Waals surface area contributed by atoms with E-state index in [-0.39, 0.29) is 18.5 Å². The number of carbonyl (C=O) groups is 1. The summed E-state index contributed by atoms with van der Waals surface area (Å²) in [4.78, 5) is 15.7. The lowest BCUT2D eigenvalue weighted by Gasteiger charge is -2.20. The summed E-state index contributed by atoms with van der Waals surface area (Å²) >= 11 is 1.49. The van der Waals surface area contributed by atoms with E-state index in [1.807, 2.05) is 5.38 Å². The molecule has 0 N–H and O–H groups in total. The first-order valence-corrected chi connectivity index (χ1v) is 6.47. The molecule has 0 radical (unpaired) electrons. The van der Waals surface area contributed by atoms with E-state index < -0.39 is 0 Å². The minimum Gasteiger partial charge on any atom is -0.466 e. The minimum atomic E-state index is -0.245. The molecule has 0 spiro atoms. The fraction of sp³-hybridized carbons (Fsp3) is 0.636. The van der Waals surface area contributed by atoms with Gasteiger partial charge in [0.2, 0.25) is 0 Å². The number of aromatic nitrogens is 1. The summed E-state index contributed by atoms with van der Waals surface area (Å²) in [5, 5.41) is 2.73. The fourth-order valence-corrected chi connectivity index (χ4v) is 2.39. The van der Waals surface area contributed by atoms with Crippen molar-refractivity contribution in [3.8, 4) is 0 Å². The van der Waals surface area contributed by atoms with Crippen LogP contribution in [0.25, 0.3) is 0 Å². The Balaban J connectivity index is 1.93. The Bertz CT molecular complexity index is 373. The van der Waals surface area contributed by atoms with Crippen molar-refractivity contribution in [2.75, 3.05) is 26.4 Å². The molecule has 1 aliphatic heterocycles. The molecule has 17 heavy (non-hydrogen) atoms. The van der Waals surface area contributed by atoms with Crippen LogP contribution < -0.4 is 0 Å². The van der Waals surface area contributed by atoms with Crippen LogP contribution in [0, 0.1) is 0 Å². The Labute approximate surface area is 104 Å². The lowest BCUT2D eigenvalue weighted by atomic mass is 10.3. The Morgan fingerprint density at radius 3 is 3.24 bits per heavy atom. The molecule has 5 nitrogen and oxygen atoms in total. The molecule has 2 rings (SSSR count). The average Bonchev–Trinajstić information content (AvgIpc) is 2.79. The lowest BCUT2D eigenvalue weighted by Crippen LogP contribution is -2.21. The first kappa shape index (κ1) is 12.5. The SMILES string of the molecule is CCOC(=O)Cc1csc(C2COCCO2)n1. The molecule has 0 aromatic carbocycles. The highest BCUT2D eigenvalue weighted by Gasteiger charge is 2.20. The predicted octanol–water partition coefficient (Wildman–Crippen LogP) is 1.34. The molecule has 1 unspecified atom stereocenters. The average molecular weight is 257 g/mol. The maximum Gasteiger partial charge on any atom is 0.311 e. The van der Waals surface area contributed by atoms with Crippen LogP contribution in [0.2, 0.25) is 0 Å². The normalized spacial score (nSPS) is 20.2. The number of carbonyl (C=O) groups excluding carboxylic acids is 1. The molecule has 1 atom stereocenters. The van der Waals surface area contributed by atoms with Crippen LogP contribution in [-0.4, -0.2) is 37.4 Å². The van der Waals surface area contributed by atoms with E-state index in [0.29, 0.717) is 26.4 Å². The molecular formula is C11H15NO4S. The molecule has 0 saturated carbocycles. The molecule has 1 fully saturated rings. The Morgan fingerprint density at radius 1 is 1.65 bits per heavy atom. The maximum absolute atomic E-state index is 11.3. The van der Waals surface area contributed by atoms with Crippen LogP contribution in [-0.2, 0) is 25.4 Å². The van der Waals surface area contributed by atoms with Gasteiger partial charge in [0, 0.05) is 5.38 Å². The molecule has 2 heterocycles. The van der Waals surface area contributed by atoms with Gasteiger partial charge in [0.05, 0.1) is 38.5 Å². The van der Waals surface area contributed by atoms with E-state index in [2.05, 4.69) is 4.98 Å². The minimum absolute atomic E-state index is 0.0929. The first-order valence-electron chi connectivity index (χ1n) is 5.59. The van der Waals surface area contributed by atoms with Crippen molar-refractivity contribution in [3.63, 3.8) is 0 Å². The highest BCUT2D eigenvalue weighted by atomic mass is 32.1. The third-order valence-corrected chi connectivity index (χ3v) is 3.28. The zero-order chi connectivity index (χ0) is 12.1. The van der Waals surface area contributed by atoms with Gasteiger partial charge in [-0.1, -0.05) is 0 Å². The van der Waals surface area contributed by atoms with Crippen molar-refractivity contribution in [1.29, 1.82) is 0 Å². The van der Waals surface area contributed by atoms with Gasteiger partial charge >= 0.3 is 5.97 Å². The number of hydrogen-bond donors (Lipinski definition) is 0. The van der Waals surface area contributed by atoms with Gasteiger partial charge in [-0.05, 0) is 6.92 Å². The molecule has 0 bridgehead atoms. The van der Waals surface area contributed by atoms with Gasteiger partial charge in [0.25, 0.3) is 0 Å². The second-order valence-corrected chi connectivity index (χ2v) is 4.48. The zero-order valence-corrected chi connectivity index (χ0v) is 10.5. The van der Waals surface area contributed by atoms with Gasteiger partial charge in [-0.25, -0.2) is 4.98 Å². The van der Waals surface area contributed by atoms with Crippen molar-refractivity contribution in [2.45, 2.75) is 19.4 Å². The smallest absolute Gasteiger partial charge is 0.311 e. The summed E-state index contributed by atoms with van der Waals surface area (Å²) in [6.45, 7) is 3.95. The number of thiazole rings is 1. The van der Waals surface area contributed by atoms with Gasteiger partial charge < -0.3 is 14.2 Å². The number of ether oxygens (including phenoxy) is 3. The zero-order valence-electron chi connectivity index (χ0n) is 9.68. The molecule has 1 aromatic rings. The van der Waals surface area contributed by atoms with Crippen molar-refractivity contribution in [1.82, 2.24) is 4.98 Å². The highest BCUT2D eigenvalue weighted by molar-refractivity contribution is 7.09. The standard InChI is InChI=1S/C11H15NO4S/c1-2-15-10(13)5-8-7-17-11(12-8)9-6-14-3-4-16-9/h7,9H,2-6H2,1H3. The van der Waals surface area contributed by atoms with Gasteiger partial charge in [-0.3, -0.25) is 4.79 Å². The number of rotatable bonds is 4. The predicted molar refractivity (Wildman–Crippen MR) is 62.0 cm³/mol. The van der Waals surface area contributed by atoms with Crippen LogP contribution in [0.4, 0.5) is 0 Å². The monoisotopic (exact) mass is 257 g/mol. The third kappa shape index (κ3) is 3.49. The molecule has 0 aliphatic carbocycles. The molecule has 6 heteroatoms. The summed E-state index contributed by atoms with van der Waals surface area (Å²) in [6.07, 6.45) is 0.127. The number of hydrogen-bond acceptors (Lipinski definition) is 6. The summed E-state index contributed by atoms with van der Waals surface area (Å²) < 4.78 is 15.7. The summed E-state index contributed by atoms with van der Waals surface area (Å²) in [7, 11) is 0. The number of esters is 1.